The minimum Gasteiger partial charge on any atom is -0.366 e. The van der Waals surface area contributed by atoms with Gasteiger partial charge in [-0.3, -0.25) is 4.79 Å². The van der Waals surface area contributed by atoms with E-state index in [-0.39, 0.29) is 5.78 Å². The van der Waals surface area contributed by atoms with Crippen LogP contribution in [0.4, 0.5) is 0 Å². The molecule has 1 atom stereocenters. The van der Waals surface area contributed by atoms with Crippen LogP contribution < -0.4 is 0 Å². The Bertz CT molecular complexity index is 756. The minimum absolute atomic E-state index is 0.300. The van der Waals surface area contributed by atoms with Crippen LogP contribution in [0, 0.1) is 6.92 Å². The number of aliphatic hydroxyl groups excluding tert-OH is 1. The van der Waals surface area contributed by atoms with Crippen molar-refractivity contribution in [1.29, 1.82) is 0 Å². The predicted molar refractivity (Wildman–Crippen MR) is 78.7 cm³/mol. The molecule has 0 aliphatic heterocycles. The molecule has 1 heterocycles. The molecule has 0 aliphatic rings. The Hall–Kier alpha value is -2.39. The fourth-order valence-electron chi connectivity index (χ4n) is 2.31. The number of Topliss-reactive ketones (excluding diaryl/α,β-unsaturated/α-hetero) is 1. The lowest BCUT2D eigenvalue weighted by atomic mass is 10.1. The van der Waals surface area contributed by atoms with E-state index < -0.39 is 6.23 Å². The quantitative estimate of drug-likeness (QED) is 0.738. The van der Waals surface area contributed by atoms with Gasteiger partial charge in [-0.2, -0.15) is 0 Å². The predicted octanol–water partition coefficient (Wildman–Crippen LogP) is 3.32. The van der Waals surface area contributed by atoms with Crippen molar-refractivity contribution in [3.05, 3.63) is 71.9 Å². The topological polar surface area (TPSA) is 42.2 Å². The maximum atomic E-state index is 12.3. The van der Waals surface area contributed by atoms with Crippen LogP contribution in [-0.4, -0.2) is 15.5 Å². The molecule has 0 amide bonds. The third kappa shape index (κ3) is 2.12. The molecule has 3 heteroatoms. The van der Waals surface area contributed by atoms with Crippen molar-refractivity contribution < 1.29 is 9.90 Å². The molecule has 0 spiro atoms. The van der Waals surface area contributed by atoms with Crippen LogP contribution >= 0.6 is 0 Å². The molecular weight excluding hydrogens is 250 g/mol. The molecule has 0 radical (unpaired) electrons. The van der Waals surface area contributed by atoms with Crippen molar-refractivity contribution in [2.75, 3.05) is 0 Å². The molecule has 100 valence electrons. The van der Waals surface area contributed by atoms with Gasteiger partial charge in [-0.1, -0.05) is 48.0 Å². The summed E-state index contributed by atoms with van der Waals surface area (Å²) in [6, 6.07) is 16.8. The normalized spacial score (nSPS) is 12.5. The Kier molecular flexibility index (Phi) is 3.12. The Morgan fingerprint density at radius 2 is 1.75 bits per heavy atom. The van der Waals surface area contributed by atoms with Crippen molar-refractivity contribution in [3.8, 4) is 0 Å². The number of aromatic nitrogens is 1. The minimum atomic E-state index is -1.20. The van der Waals surface area contributed by atoms with Gasteiger partial charge in [-0.25, -0.2) is 0 Å². The zero-order valence-electron chi connectivity index (χ0n) is 11.2. The average molecular weight is 265 g/mol. The van der Waals surface area contributed by atoms with Crippen LogP contribution in [-0.2, 0) is 0 Å². The van der Waals surface area contributed by atoms with E-state index in [1.165, 1.54) is 0 Å². The third-order valence-electron chi connectivity index (χ3n) is 3.46. The van der Waals surface area contributed by atoms with Crippen LogP contribution in [0.5, 0.6) is 0 Å². The molecule has 3 nitrogen and oxygen atoms in total. The van der Waals surface area contributed by atoms with Gasteiger partial charge in [0.25, 0.3) is 0 Å². The van der Waals surface area contributed by atoms with Crippen molar-refractivity contribution >= 4 is 16.7 Å². The zero-order valence-corrected chi connectivity index (χ0v) is 11.2. The molecular formula is C17H15NO2. The number of ketones is 1. The molecule has 3 aromatic rings. The lowest BCUT2D eigenvalue weighted by Gasteiger charge is -2.13. The summed E-state index contributed by atoms with van der Waals surface area (Å²) >= 11 is 0. The largest absolute Gasteiger partial charge is 0.366 e. The van der Waals surface area contributed by atoms with Gasteiger partial charge in [0.1, 0.15) is 0 Å². The number of benzene rings is 2. The first-order valence-electron chi connectivity index (χ1n) is 6.51. The highest BCUT2D eigenvalue weighted by atomic mass is 16.3. The fourth-order valence-corrected chi connectivity index (χ4v) is 2.31. The van der Waals surface area contributed by atoms with Crippen molar-refractivity contribution in [2.45, 2.75) is 13.2 Å². The maximum absolute atomic E-state index is 12.3. The molecule has 0 bridgehead atoms. The summed E-state index contributed by atoms with van der Waals surface area (Å²) in [6.07, 6.45) is 0.541. The summed E-state index contributed by atoms with van der Waals surface area (Å²) in [6.45, 7) is 1.96. The van der Waals surface area contributed by atoms with Crippen LogP contribution in [0.3, 0.4) is 0 Å². The van der Waals surface area contributed by atoms with Crippen molar-refractivity contribution in [2.24, 2.45) is 0 Å². The molecule has 0 saturated carbocycles. The monoisotopic (exact) mass is 265 g/mol. The lowest BCUT2D eigenvalue weighted by Crippen LogP contribution is -2.18. The first kappa shape index (κ1) is 12.6. The van der Waals surface area contributed by atoms with Gasteiger partial charge in [0, 0.05) is 11.8 Å². The van der Waals surface area contributed by atoms with Crippen LogP contribution in [0.15, 0.2) is 60.8 Å². The summed E-state index contributed by atoms with van der Waals surface area (Å²) in [5.41, 5.74) is 2.45. The number of carbonyl (C=O) groups excluding carboxylic acids is 1. The van der Waals surface area contributed by atoms with E-state index >= 15 is 0 Å². The van der Waals surface area contributed by atoms with Gasteiger partial charge in [-0.05, 0) is 24.4 Å². The van der Waals surface area contributed by atoms with Crippen molar-refractivity contribution in [3.63, 3.8) is 0 Å². The van der Waals surface area contributed by atoms with Gasteiger partial charge >= 0.3 is 0 Å². The van der Waals surface area contributed by atoms with Gasteiger partial charge in [-0.15, -0.1) is 0 Å². The number of nitrogens with zero attached hydrogens (tertiary/aromatic N) is 1. The van der Waals surface area contributed by atoms with Crippen molar-refractivity contribution in [1.82, 2.24) is 4.57 Å². The lowest BCUT2D eigenvalue weighted by molar-refractivity contribution is 0.0588. The highest BCUT2D eigenvalue weighted by molar-refractivity contribution is 5.99. The summed E-state index contributed by atoms with van der Waals surface area (Å²) in [4.78, 5) is 12.3. The number of aryl methyl sites for hydroxylation is 1. The average Bonchev–Trinajstić information content (AvgIpc) is 2.90. The first-order chi connectivity index (χ1) is 9.66. The summed E-state index contributed by atoms with van der Waals surface area (Å²) < 4.78 is 1.59. The maximum Gasteiger partial charge on any atom is 0.212 e. The number of para-hydroxylation sites is 1. The van der Waals surface area contributed by atoms with Crippen LogP contribution in [0.25, 0.3) is 10.9 Å². The van der Waals surface area contributed by atoms with E-state index in [4.69, 9.17) is 0 Å². The first-order valence-corrected chi connectivity index (χ1v) is 6.51. The van der Waals surface area contributed by atoms with E-state index in [1.807, 2.05) is 49.4 Å². The number of rotatable bonds is 3. The number of carbonyl (C=O) groups is 1. The van der Waals surface area contributed by atoms with E-state index in [1.54, 1.807) is 22.9 Å². The molecule has 2 aromatic carbocycles. The summed E-state index contributed by atoms with van der Waals surface area (Å²) in [5, 5.41) is 11.3. The summed E-state index contributed by atoms with van der Waals surface area (Å²) in [7, 11) is 0. The standard InChI is InChI=1S/C17H15NO2/c1-12-6-8-14(9-7-12)16(19)17(20)18-11-10-13-4-2-3-5-15(13)18/h2-11,17,20H,1H3. The Balaban J connectivity index is 1.97. The number of hydrogen-bond acceptors (Lipinski definition) is 2. The molecule has 1 unspecified atom stereocenters. The second-order valence-electron chi connectivity index (χ2n) is 4.89. The highest BCUT2D eigenvalue weighted by Gasteiger charge is 2.19. The number of fused-ring (bicyclic) bond motifs is 1. The van der Waals surface area contributed by atoms with Crippen LogP contribution in [0.2, 0.25) is 0 Å². The van der Waals surface area contributed by atoms with Gasteiger partial charge < -0.3 is 9.67 Å². The SMILES string of the molecule is Cc1ccc(C(=O)C(O)n2ccc3ccccc32)cc1. The van der Waals surface area contributed by atoms with E-state index in [0.717, 1.165) is 16.5 Å². The second-order valence-corrected chi connectivity index (χ2v) is 4.89. The Labute approximate surface area is 117 Å². The molecule has 0 aliphatic carbocycles. The van der Waals surface area contributed by atoms with Gasteiger partial charge in [0.15, 0.2) is 6.23 Å². The zero-order chi connectivity index (χ0) is 14.1. The highest BCUT2D eigenvalue weighted by Crippen LogP contribution is 2.21. The van der Waals surface area contributed by atoms with Crippen LogP contribution in [0.1, 0.15) is 22.1 Å². The molecule has 1 aromatic heterocycles. The van der Waals surface area contributed by atoms with E-state index in [0.29, 0.717) is 5.56 Å². The smallest absolute Gasteiger partial charge is 0.212 e. The van der Waals surface area contributed by atoms with E-state index in [2.05, 4.69) is 0 Å². The molecule has 3 rings (SSSR count). The Morgan fingerprint density at radius 1 is 1.05 bits per heavy atom. The number of aliphatic hydroxyl groups is 1. The molecule has 20 heavy (non-hydrogen) atoms. The van der Waals surface area contributed by atoms with Gasteiger partial charge in [0.05, 0.1) is 5.52 Å². The van der Waals surface area contributed by atoms with E-state index in [9.17, 15) is 9.90 Å². The third-order valence-corrected chi connectivity index (χ3v) is 3.46. The Morgan fingerprint density at radius 3 is 2.50 bits per heavy atom. The summed E-state index contributed by atoms with van der Waals surface area (Å²) in [5.74, 6) is -0.300. The van der Waals surface area contributed by atoms with Gasteiger partial charge in [0.2, 0.25) is 5.78 Å². The molecule has 0 fully saturated rings. The fraction of sp³-hybridized carbons (Fsp3) is 0.118. The second kappa shape index (κ2) is 4.94. The molecule has 0 saturated heterocycles. The molecule has 1 N–H and O–H groups in total. The number of hydrogen-bond donors (Lipinski definition) is 1.